The molecule has 0 aliphatic heterocycles. The Morgan fingerprint density at radius 3 is 2.46 bits per heavy atom. The molecule has 76 valence electrons. The highest BCUT2D eigenvalue weighted by molar-refractivity contribution is 7.51. The molecule has 0 aromatic rings. The third kappa shape index (κ3) is 2.51. The number of carboxylic acid groups (broad SMARTS) is 1. The fraction of sp³-hybridized carbons (Fsp3) is 0.833. The molecule has 13 heavy (non-hydrogen) atoms. The highest BCUT2D eigenvalue weighted by Gasteiger charge is 2.57. The number of aliphatic carboxylic acids is 1. The Morgan fingerprint density at radius 2 is 2.15 bits per heavy atom. The van der Waals surface area contributed by atoms with Crippen molar-refractivity contribution < 1.29 is 24.3 Å². The molecule has 0 saturated heterocycles. The molecule has 1 unspecified atom stereocenters. The molecule has 0 radical (unpaired) electrons. The lowest BCUT2D eigenvalue weighted by Gasteiger charge is -2.05. The minimum Gasteiger partial charge on any atom is -0.480 e. The Kier molecular flexibility index (Phi) is 2.51. The smallest absolute Gasteiger partial charge is 0.325 e. The van der Waals surface area contributed by atoms with Gasteiger partial charge in [0, 0.05) is 0 Å². The summed E-state index contributed by atoms with van der Waals surface area (Å²) in [5.41, 5.74) is 4.17. The van der Waals surface area contributed by atoms with Crippen LogP contribution in [0.5, 0.6) is 0 Å². The molecule has 1 fully saturated rings. The molecule has 0 heterocycles. The molecular weight excluding hydrogens is 197 g/mol. The van der Waals surface area contributed by atoms with Gasteiger partial charge in [-0.25, -0.2) is 0 Å². The van der Waals surface area contributed by atoms with Crippen LogP contribution in [0.2, 0.25) is 0 Å². The van der Waals surface area contributed by atoms with Crippen molar-refractivity contribution in [3.05, 3.63) is 0 Å². The van der Waals surface area contributed by atoms with E-state index >= 15 is 0 Å². The van der Waals surface area contributed by atoms with E-state index in [0.29, 0.717) is 6.42 Å². The molecule has 0 bridgehead atoms. The van der Waals surface area contributed by atoms with E-state index in [2.05, 4.69) is 0 Å². The SMILES string of the molecule is N[C@]1(C(=O)O)CC1CCP(=O)(O)O. The van der Waals surface area contributed by atoms with Gasteiger partial charge in [0.2, 0.25) is 0 Å². The molecule has 1 aliphatic rings. The van der Waals surface area contributed by atoms with Gasteiger partial charge >= 0.3 is 13.6 Å². The third-order valence-corrected chi connectivity index (χ3v) is 3.16. The van der Waals surface area contributed by atoms with Crippen molar-refractivity contribution in [2.45, 2.75) is 18.4 Å². The van der Waals surface area contributed by atoms with E-state index in [9.17, 15) is 9.36 Å². The zero-order valence-electron chi connectivity index (χ0n) is 6.88. The molecule has 7 heteroatoms. The van der Waals surface area contributed by atoms with Gasteiger partial charge in [-0.15, -0.1) is 0 Å². The Morgan fingerprint density at radius 1 is 1.62 bits per heavy atom. The maximum absolute atomic E-state index is 10.5. The van der Waals surface area contributed by atoms with Crippen LogP contribution in [0.25, 0.3) is 0 Å². The van der Waals surface area contributed by atoms with Gasteiger partial charge in [0.05, 0.1) is 6.16 Å². The second kappa shape index (κ2) is 3.06. The Balaban J connectivity index is 2.37. The van der Waals surface area contributed by atoms with E-state index in [-0.39, 0.29) is 18.5 Å². The molecule has 0 spiro atoms. The van der Waals surface area contributed by atoms with Crippen molar-refractivity contribution in [1.82, 2.24) is 0 Å². The van der Waals surface area contributed by atoms with Gasteiger partial charge in [-0.3, -0.25) is 9.36 Å². The average Bonchev–Trinajstić information content (AvgIpc) is 2.58. The van der Waals surface area contributed by atoms with Crippen molar-refractivity contribution in [3.8, 4) is 0 Å². The van der Waals surface area contributed by atoms with Crippen molar-refractivity contribution in [1.29, 1.82) is 0 Å². The van der Waals surface area contributed by atoms with E-state index in [1.165, 1.54) is 0 Å². The minimum absolute atomic E-state index is 0.174. The number of hydrogen-bond acceptors (Lipinski definition) is 3. The topological polar surface area (TPSA) is 121 Å². The minimum atomic E-state index is -4.01. The number of carbonyl (C=O) groups is 1. The van der Waals surface area contributed by atoms with Crippen LogP contribution in [0.3, 0.4) is 0 Å². The second-order valence-corrected chi connectivity index (χ2v) is 5.20. The number of rotatable bonds is 4. The third-order valence-electron chi connectivity index (χ3n) is 2.32. The van der Waals surface area contributed by atoms with Gasteiger partial charge in [-0.2, -0.15) is 0 Å². The van der Waals surface area contributed by atoms with Crippen LogP contribution >= 0.6 is 7.60 Å². The molecule has 1 aliphatic carbocycles. The molecule has 1 rings (SSSR count). The van der Waals surface area contributed by atoms with Crippen molar-refractivity contribution in [2.75, 3.05) is 6.16 Å². The first kappa shape index (κ1) is 10.7. The van der Waals surface area contributed by atoms with Crippen molar-refractivity contribution in [2.24, 2.45) is 11.7 Å². The standard InChI is InChI=1S/C6H12NO5P/c7-6(5(8)9)3-4(6)1-2-13(10,11)12/h4H,1-3,7H2,(H,8,9)(H2,10,11,12)/t4?,6-/m1/s1. The van der Waals surface area contributed by atoms with Gasteiger partial charge in [0.1, 0.15) is 5.54 Å². The van der Waals surface area contributed by atoms with Gasteiger partial charge < -0.3 is 20.6 Å². The Hall–Kier alpha value is -0.420. The van der Waals surface area contributed by atoms with Gasteiger partial charge in [-0.1, -0.05) is 0 Å². The normalized spacial score (nSPS) is 33.0. The second-order valence-electron chi connectivity index (χ2n) is 3.42. The summed E-state index contributed by atoms with van der Waals surface area (Å²) in [4.78, 5) is 27.6. The molecule has 5 N–H and O–H groups in total. The van der Waals surface area contributed by atoms with Crippen LogP contribution in [0.4, 0.5) is 0 Å². The van der Waals surface area contributed by atoms with Crippen LogP contribution in [-0.4, -0.2) is 32.6 Å². The Bertz CT molecular complexity index is 274. The summed E-state index contributed by atoms with van der Waals surface area (Å²) in [5.74, 6) is -1.39. The fourth-order valence-electron chi connectivity index (χ4n) is 1.29. The van der Waals surface area contributed by atoms with Crippen LogP contribution in [0, 0.1) is 5.92 Å². The monoisotopic (exact) mass is 209 g/mol. The molecule has 1 saturated carbocycles. The summed E-state index contributed by atoms with van der Waals surface area (Å²) in [7, 11) is -4.01. The summed E-state index contributed by atoms with van der Waals surface area (Å²) in [6.45, 7) is 0. The number of nitrogens with two attached hydrogens (primary N) is 1. The van der Waals surface area contributed by atoms with Crippen LogP contribution in [0.15, 0.2) is 0 Å². The zero-order chi connectivity index (χ0) is 10.3. The molecule has 0 aromatic carbocycles. The van der Waals surface area contributed by atoms with Gasteiger partial charge in [-0.05, 0) is 18.8 Å². The van der Waals surface area contributed by atoms with E-state index in [0.717, 1.165) is 0 Å². The summed E-state index contributed by atoms with van der Waals surface area (Å²) in [5, 5.41) is 8.59. The lowest BCUT2D eigenvalue weighted by molar-refractivity contribution is -0.140. The Labute approximate surface area is 74.9 Å². The number of hydrogen-bond donors (Lipinski definition) is 4. The molecule has 6 nitrogen and oxygen atoms in total. The maximum atomic E-state index is 10.5. The predicted octanol–water partition coefficient (Wildman–Crippen LogP) is -0.644. The number of carboxylic acids is 1. The van der Waals surface area contributed by atoms with Crippen LogP contribution < -0.4 is 5.73 Å². The average molecular weight is 209 g/mol. The van der Waals surface area contributed by atoms with E-state index < -0.39 is 19.1 Å². The van der Waals surface area contributed by atoms with E-state index in [4.69, 9.17) is 20.6 Å². The highest BCUT2D eigenvalue weighted by atomic mass is 31.2. The zero-order valence-corrected chi connectivity index (χ0v) is 7.78. The molecular formula is C6H12NO5P. The highest BCUT2D eigenvalue weighted by Crippen LogP contribution is 2.47. The molecule has 2 atom stereocenters. The lowest BCUT2D eigenvalue weighted by atomic mass is 10.2. The summed E-state index contributed by atoms with van der Waals surface area (Å²) in [6.07, 6.45) is 0.194. The predicted molar refractivity (Wildman–Crippen MR) is 44.2 cm³/mol. The molecule has 0 amide bonds. The summed E-state index contributed by atoms with van der Waals surface area (Å²) < 4.78 is 10.5. The van der Waals surface area contributed by atoms with E-state index in [1.54, 1.807) is 0 Å². The van der Waals surface area contributed by atoms with Crippen molar-refractivity contribution >= 4 is 13.6 Å². The van der Waals surface area contributed by atoms with Gasteiger partial charge in [0.15, 0.2) is 0 Å². The first-order valence-corrected chi connectivity index (χ1v) is 5.62. The van der Waals surface area contributed by atoms with Crippen LogP contribution in [-0.2, 0) is 9.36 Å². The van der Waals surface area contributed by atoms with Crippen LogP contribution in [0.1, 0.15) is 12.8 Å². The summed E-state index contributed by atoms with van der Waals surface area (Å²) in [6, 6.07) is 0. The largest absolute Gasteiger partial charge is 0.480 e. The van der Waals surface area contributed by atoms with Crippen molar-refractivity contribution in [3.63, 3.8) is 0 Å². The summed E-state index contributed by atoms with van der Waals surface area (Å²) >= 11 is 0. The quantitative estimate of drug-likeness (QED) is 0.457. The first-order chi connectivity index (χ1) is 5.76. The maximum Gasteiger partial charge on any atom is 0.325 e. The lowest BCUT2D eigenvalue weighted by Crippen LogP contribution is -2.35. The fourth-order valence-corrected chi connectivity index (χ4v) is 1.94. The molecule has 0 aromatic heterocycles. The van der Waals surface area contributed by atoms with E-state index in [1.807, 2.05) is 0 Å². The first-order valence-electron chi connectivity index (χ1n) is 3.82. The van der Waals surface area contributed by atoms with Gasteiger partial charge in [0.25, 0.3) is 0 Å².